The summed E-state index contributed by atoms with van der Waals surface area (Å²) in [5.41, 5.74) is -2.48. The van der Waals surface area contributed by atoms with E-state index in [2.05, 4.69) is 11.8 Å². The topological polar surface area (TPSA) is 66.7 Å². The lowest BCUT2D eigenvalue weighted by Gasteiger charge is -2.42. The van der Waals surface area contributed by atoms with Crippen LogP contribution < -0.4 is 10.3 Å². The first-order valence-electron chi connectivity index (χ1n) is 11.0. The SMILES string of the molecule is CC1CN(c2cc(=O)c3cc(C(F)(F)F)cc([N+](=O)[O-])c3s2)CCN1CC1CCCCC1. The molecule has 2 fully saturated rings. The molecule has 1 saturated carbocycles. The predicted octanol–water partition coefficient (Wildman–Crippen LogP) is 5.28. The molecule has 10 heteroatoms. The first-order chi connectivity index (χ1) is 15.1. The number of non-ortho nitro benzene ring substituents is 1. The average molecular weight is 470 g/mol. The van der Waals surface area contributed by atoms with E-state index < -0.39 is 27.8 Å². The Morgan fingerprint density at radius 3 is 2.50 bits per heavy atom. The summed E-state index contributed by atoms with van der Waals surface area (Å²) in [7, 11) is 0. The number of halogens is 3. The molecule has 174 valence electrons. The molecule has 0 bridgehead atoms. The second kappa shape index (κ2) is 8.97. The largest absolute Gasteiger partial charge is 0.416 e. The van der Waals surface area contributed by atoms with Gasteiger partial charge >= 0.3 is 6.18 Å². The van der Waals surface area contributed by atoms with E-state index in [9.17, 15) is 28.1 Å². The summed E-state index contributed by atoms with van der Waals surface area (Å²) >= 11 is 1.02. The van der Waals surface area contributed by atoms with Crippen LogP contribution in [0.2, 0.25) is 0 Å². The zero-order valence-electron chi connectivity index (χ0n) is 17.9. The molecule has 6 nitrogen and oxygen atoms in total. The molecule has 1 aliphatic heterocycles. The smallest absolute Gasteiger partial charge is 0.360 e. The van der Waals surface area contributed by atoms with Crippen molar-refractivity contribution in [1.29, 1.82) is 0 Å². The Labute approximate surface area is 187 Å². The predicted molar refractivity (Wildman–Crippen MR) is 120 cm³/mol. The molecule has 1 aromatic heterocycles. The van der Waals surface area contributed by atoms with Crippen molar-refractivity contribution in [2.45, 2.75) is 51.2 Å². The maximum atomic E-state index is 13.2. The standard InChI is InChI=1S/C22H26F3N3O3S/c1-14-12-27(8-7-26(14)13-15-5-3-2-4-6-15)20-11-19(29)17-9-16(22(23,24)25)10-18(28(30)31)21(17)32-20/h9-11,14-15H,2-8,12-13H2,1H3. The van der Waals surface area contributed by atoms with Crippen LogP contribution >= 0.6 is 11.3 Å². The van der Waals surface area contributed by atoms with Gasteiger partial charge in [0.15, 0.2) is 5.43 Å². The molecule has 2 aromatic rings. The minimum absolute atomic E-state index is 0.0113. The molecule has 1 aromatic carbocycles. The van der Waals surface area contributed by atoms with Crippen LogP contribution in [-0.2, 0) is 6.18 Å². The minimum atomic E-state index is -4.77. The number of fused-ring (bicyclic) bond motifs is 1. The van der Waals surface area contributed by atoms with Crippen molar-refractivity contribution in [2.24, 2.45) is 5.92 Å². The van der Waals surface area contributed by atoms with Crippen LogP contribution in [0.15, 0.2) is 23.0 Å². The van der Waals surface area contributed by atoms with Gasteiger partial charge in [0.25, 0.3) is 5.69 Å². The van der Waals surface area contributed by atoms with Gasteiger partial charge in [-0.3, -0.25) is 19.8 Å². The quantitative estimate of drug-likeness (QED) is 0.450. The maximum Gasteiger partial charge on any atom is 0.416 e. The van der Waals surface area contributed by atoms with Gasteiger partial charge in [0.2, 0.25) is 0 Å². The summed E-state index contributed by atoms with van der Waals surface area (Å²) in [4.78, 5) is 27.8. The fraction of sp³-hybridized carbons (Fsp3) is 0.591. The highest BCUT2D eigenvalue weighted by Gasteiger charge is 2.34. The first kappa shape index (κ1) is 23.0. The average Bonchev–Trinajstić information content (AvgIpc) is 2.74. The molecule has 0 spiro atoms. The Balaban J connectivity index is 1.60. The molecule has 2 aliphatic rings. The van der Waals surface area contributed by atoms with Crippen LogP contribution in [0.5, 0.6) is 0 Å². The van der Waals surface area contributed by atoms with Gasteiger partial charge < -0.3 is 4.90 Å². The monoisotopic (exact) mass is 469 g/mol. The number of hydrogen-bond donors (Lipinski definition) is 0. The van der Waals surface area contributed by atoms with Crippen LogP contribution in [0.4, 0.5) is 23.9 Å². The Kier molecular flexibility index (Phi) is 6.44. The zero-order chi connectivity index (χ0) is 23.0. The van der Waals surface area contributed by atoms with Crippen LogP contribution in [0.25, 0.3) is 10.1 Å². The third-order valence-electron chi connectivity index (χ3n) is 6.61. The van der Waals surface area contributed by atoms with Gasteiger partial charge in [-0.15, -0.1) is 11.3 Å². The second-order valence-corrected chi connectivity index (χ2v) is 9.90. The molecular weight excluding hydrogens is 443 g/mol. The van der Waals surface area contributed by atoms with E-state index in [1.54, 1.807) is 0 Å². The Bertz CT molecular complexity index is 1070. The van der Waals surface area contributed by atoms with Crippen LogP contribution in [-0.4, -0.2) is 42.0 Å². The van der Waals surface area contributed by atoms with Gasteiger partial charge in [0.05, 0.1) is 15.5 Å². The number of hydrogen-bond acceptors (Lipinski definition) is 6. The van der Waals surface area contributed by atoms with E-state index in [0.717, 1.165) is 36.4 Å². The van der Waals surface area contributed by atoms with Gasteiger partial charge in [-0.25, -0.2) is 0 Å². The minimum Gasteiger partial charge on any atom is -0.360 e. The highest BCUT2D eigenvalue weighted by atomic mass is 32.1. The third kappa shape index (κ3) is 4.76. The number of nitro benzene ring substituents is 1. The summed E-state index contributed by atoms with van der Waals surface area (Å²) in [6, 6.07) is 2.81. The Morgan fingerprint density at radius 1 is 1.16 bits per heavy atom. The summed E-state index contributed by atoms with van der Waals surface area (Å²) in [5, 5.41) is 11.8. The maximum absolute atomic E-state index is 13.2. The summed E-state index contributed by atoms with van der Waals surface area (Å²) in [6.07, 6.45) is 1.67. The number of anilines is 1. The zero-order valence-corrected chi connectivity index (χ0v) is 18.7. The number of benzene rings is 1. The van der Waals surface area contributed by atoms with E-state index in [4.69, 9.17) is 0 Å². The van der Waals surface area contributed by atoms with Crippen molar-refractivity contribution in [2.75, 3.05) is 31.1 Å². The molecule has 1 saturated heterocycles. The lowest BCUT2D eigenvalue weighted by Crippen LogP contribution is -2.53. The Morgan fingerprint density at radius 2 is 1.88 bits per heavy atom. The molecule has 2 heterocycles. The van der Waals surface area contributed by atoms with Crippen molar-refractivity contribution in [3.05, 3.63) is 44.1 Å². The lowest BCUT2D eigenvalue weighted by atomic mass is 9.88. The highest BCUT2D eigenvalue weighted by molar-refractivity contribution is 7.22. The van der Waals surface area contributed by atoms with Gasteiger partial charge in [-0.2, -0.15) is 13.2 Å². The molecule has 4 rings (SSSR count). The van der Waals surface area contributed by atoms with Gasteiger partial charge in [0.1, 0.15) is 4.70 Å². The van der Waals surface area contributed by atoms with E-state index >= 15 is 0 Å². The number of nitro groups is 1. The van der Waals surface area contributed by atoms with Crippen molar-refractivity contribution in [3.8, 4) is 0 Å². The molecule has 32 heavy (non-hydrogen) atoms. The number of piperazine rings is 1. The number of rotatable bonds is 4. The number of alkyl halides is 3. The van der Waals surface area contributed by atoms with Crippen LogP contribution in [0.3, 0.4) is 0 Å². The second-order valence-electron chi connectivity index (χ2n) is 8.87. The van der Waals surface area contributed by atoms with E-state index in [0.29, 0.717) is 24.2 Å². The first-order valence-corrected chi connectivity index (χ1v) is 11.8. The fourth-order valence-corrected chi connectivity index (χ4v) is 6.03. The van der Waals surface area contributed by atoms with Crippen molar-refractivity contribution < 1.29 is 18.1 Å². The van der Waals surface area contributed by atoms with E-state index in [1.807, 2.05) is 4.90 Å². The number of nitrogens with zero attached hydrogens (tertiary/aromatic N) is 3. The van der Waals surface area contributed by atoms with Gasteiger partial charge in [-0.05, 0) is 31.7 Å². The molecule has 0 radical (unpaired) electrons. The third-order valence-corrected chi connectivity index (χ3v) is 7.83. The van der Waals surface area contributed by atoms with E-state index in [-0.39, 0.29) is 16.1 Å². The molecule has 1 aliphatic carbocycles. The molecule has 1 atom stereocenters. The lowest BCUT2D eigenvalue weighted by molar-refractivity contribution is -0.383. The van der Waals surface area contributed by atoms with Crippen molar-refractivity contribution >= 4 is 32.1 Å². The normalized spacial score (nSPS) is 21.2. The summed E-state index contributed by atoms with van der Waals surface area (Å²) < 4.78 is 39.5. The van der Waals surface area contributed by atoms with Crippen molar-refractivity contribution in [3.63, 3.8) is 0 Å². The van der Waals surface area contributed by atoms with Crippen molar-refractivity contribution in [1.82, 2.24) is 4.90 Å². The Hall–Kier alpha value is -2.20. The fourth-order valence-electron chi connectivity index (χ4n) is 4.85. The van der Waals surface area contributed by atoms with Crippen LogP contribution in [0, 0.1) is 16.0 Å². The summed E-state index contributed by atoms with van der Waals surface area (Å²) in [5.74, 6) is 0.722. The van der Waals surface area contributed by atoms with Crippen LogP contribution in [0.1, 0.15) is 44.6 Å². The van der Waals surface area contributed by atoms with Gasteiger partial charge in [-0.1, -0.05) is 19.3 Å². The summed E-state index contributed by atoms with van der Waals surface area (Å²) in [6.45, 7) is 5.37. The molecular formula is C22H26F3N3O3S. The molecule has 0 amide bonds. The van der Waals surface area contributed by atoms with Gasteiger partial charge in [0, 0.05) is 49.7 Å². The molecule has 0 N–H and O–H groups in total. The van der Waals surface area contributed by atoms with E-state index in [1.165, 1.54) is 38.2 Å². The highest BCUT2D eigenvalue weighted by Crippen LogP contribution is 2.39. The molecule has 1 unspecified atom stereocenters.